The average Bonchev–Trinajstić information content (AvgIpc) is 3.31. The maximum Gasteiger partial charge on any atom is 0.254 e. The highest BCUT2D eigenvalue weighted by atomic mass is 35.5. The van der Waals surface area contributed by atoms with Gasteiger partial charge in [-0.15, -0.1) is 12.4 Å². The highest BCUT2D eigenvalue weighted by molar-refractivity contribution is 5.97. The Morgan fingerprint density at radius 2 is 1.86 bits per heavy atom. The van der Waals surface area contributed by atoms with Crippen LogP contribution >= 0.6 is 12.4 Å². The summed E-state index contributed by atoms with van der Waals surface area (Å²) in [6.45, 7) is 1.96. The van der Waals surface area contributed by atoms with Crippen molar-refractivity contribution in [3.05, 3.63) is 35.4 Å². The highest BCUT2D eigenvalue weighted by Gasteiger charge is 2.36. The van der Waals surface area contributed by atoms with E-state index >= 15 is 0 Å². The lowest BCUT2D eigenvalue weighted by Gasteiger charge is -2.34. The topological polar surface area (TPSA) is 66.6 Å². The third-order valence-electron chi connectivity index (χ3n) is 3.97. The lowest BCUT2D eigenvalue weighted by Crippen LogP contribution is -2.52. The quantitative estimate of drug-likeness (QED) is 0.906. The van der Waals surface area contributed by atoms with Gasteiger partial charge in [-0.25, -0.2) is 0 Å². The fourth-order valence-corrected chi connectivity index (χ4v) is 2.60. The first-order valence-corrected chi connectivity index (χ1v) is 7.07. The van der Waals surface area contributed by atoms with E-state index in [1.165, 1.54) is 0 Å². The normalized spacial score (nSPS) is 18.4. The summed E-state index contributed by atoms with van der Waals surface area (Å²) < 4.78 is 0. The Labute approximate surface area is 130 Å². The van der Waals surface area contributed by atoms with Gasteiger partial charge in [0, 0.05) is 31.2 Å². The van der Waals surface area contributed by atoms with Crippen LogP contribution in [0.25, 0.3) is 0 Å². The Kier molecular flexibility index (Phi) is 4.85. The number of piperazine rings is 1. The molecule has 1 aromatic carbocycles. The van der Waals surface area contributed by atoms with E-state index < -0.39 is 0 Å². The summed E-state index contributed by atoms with van der Waals surface area (Å²) in [4.78, 5) is 28.0. The van der Waals surface area contributed by atoms with E-state index in [9.17, 15) is 9.59 Å². The van der Waals surface area contributed by atoms with Gasteiger partial charge in [-0.1, -0.05) is 12.1 Å². The van der Waals surface area contributed by atoms with Crippen LogP contribution in [0, 0.1) is 0 Å². The van der Waals surface area contributed by atoms with Gasteiger partial charge in [0.1, 0.15) is 6.54 Å². The SMILES string of the molecule is Cl.NCc1ccc(C(=O)N2CCN(C3CC3)C(=O)C2)cc1. The number of rotatable bonds is 3. The van der Waals surface area contributed by atoms with Crippen LogP contribution in [0.4, 0.5) is 0 Å². The molecule has 0 bridgehead atoms. The van der Waals surface area contributed by atoms with E-state index in [1.807, 2.05) is 17.0 Å². The zero-order chi connectivity index (χ0) is 14.1. The summed E-state index contributed by atoms with van der Waals surface area (Å²) >= 11 is 0. The standard InChI is InChI=1S/C15H19N3O2.ClH/c16-9-11-1-3-12(4-2-11)15(20)17-7-8-18(13-5-6-13)14(19)10-17;/h1-4,13H,5-10,16H2;1H. The van der Waals surface area contributed by atoms with Crippen molar-refractivity contribution in [2.75, 3.05) is 19.6 Å². The van der Waals surface area contributed by atoms with Crippen LogP contribution in [0.5, 0.6) is 0 Å². The van der Waals surface area contributed by atoms with Gasteiger partial charge in [-0.05, 0) is 30.5 Å². The van der Waals surface area contributed by atoms with Gasteiger partial charge in [-0.2, -0.15) is 0 Å². The van der Waals surface area contributed by atoms with E-state index in [0.717, 1.165) is 18.4 Å². The summed E-state index contributed by atoms with van der Waals surface area (Å²) in [6.07, 6.45) is 2.22. The number of carbonyl (C=O) groups excluding carboxylic acids is 2. The molecule has 1 aliphatic carbocycles. The zero-order valence-corrected chi connectivity index (χ0v) is 12.6. The number of carbonyl (C=O) groups is 2. The Morgan fingerprint density at radius 3 is 2.38 bits per heavy atom. The highest BCUT2D eigenvalue weighted by Crippen LogP contribution is 2.28. The van der Waals surface area contributed by atoms with Crippen LogP contribution in [0.15, 0.2) is 24.3 Å². The summed E-state index contributed by atoms with van der Waals surface area (Å²) in [6, 6.07) is 7.71. The van der Waals surface area contributed by atoms with Gasteiger partial charge in [0.05, 0.1) is 0 Å². The molecule has 5 nitrogen and oxygen atoms in total. The third-order valence-corrected chi connectivity index (χ3v) is 3.97. The summed E-state index contributed by atoms with van der Waals surface area (Å²) in [5, 5.41) is 0. The minimum Gasteiger partial charge on any atom is -0.336 e. The summed E-state index contributed by atoms with van der Waals surface area (Å²) in [7, 11) is 0. The van der Waals surface area contributed by atoms with Gasteiger partial charge >= 0.3 is 0 Å². The fraction of sp³-hybridized carbons (Fsp3) is 0.467. The van der Waals surface area contributed by atoms with Crippen molar-refractivity contribution in [3.8, 4) is 0 Å². The zero-order valence-electron chi connectivity index (χ0n) is 11.8. The van der Waals surface area contributed by atoms with Gasteiger partial charge in [-0.3, -0.25) is 9.59 Å². The molecule has 0 unspecified atom stereocenters. The minimum absolute atomic E-state index is 0. The van der Waals surface area contributed by atoms with E-state index in [-0.39, 0.29) is 30.8 Å². The number of halogens is 1. The Balaban J connectivity index is 0.00000161. The van der Waals surface area contributed by atoms with Gasteiger partial charge < -0.3 is 15.5 Å². The van der Waals surface area contributed by atoms with E-state index in [0.29, 0.717) is 31.2 Å². The first-order valence-electron chi connectivity index (χ1n) is 7.07. The van der Waals surface area contributed by atoms with Crippen molar-refractivity contribution in [1.29, 1.82) is 0 Å². The molecule has 0 aromatic heterocycles. The first-order chi connectivity index (χ1) is 9.69. The summed E-state index contributed by atoms with van der Waals surface area (Å²) in [5.41, 5.74) is 7.16. The largest absolute Gasteiger partial charge is 0.336 e. The lowest BCUT2D eigenvalue weighted by atomic mass is 10.1. The van der Waals surface area contributed by atoms with Gasteiger partial charge in [0.2, 0.25) is 5.91 Å². The summed E-state index contributed by atoms with van der Waals surface area (Å²) in [5.74, 6) is 0.00282. The second-order valence-electron chi connectivity index (χ2n) is 5.45. The molecule has 1 saturated heterocycles. The Hall–Kier alpha value is -1.59. The van der Waals surface area contributed by atoms with Crippen LogP contribution < -0.4 is 5.73 Å². The molecule has 1 aromatic rings. The Morgan fingerprint density at radius 1 is 1.19 bits per heavy atom. The number of hydrogen-bond donors (Lipinski definition) is 1. The lowest BCUT2D eigenvalue weighted by molar-refractivity contribution is -0.135. The molecule has 1 saturated carbocycles. The minimum atomic E-state index is -0.0719. The van der Waals surface area contributed by atoms with Crippen LogP contribution in [0.3, 0.4) is 0 Å². The van der Waals surface area contributed by atoms with Crippen LogP contribution in [-0.4, -0.2) is 47.3 Å². The maximum atomic E-state index is 12.4. The molecular formula is C15H20ClN3O2. The van der Waals surface area contributed by atoms with Gasteiger partial charge in [0.15, 0.2) is 0 Å². The van der Waals surface area contributed by atoms with E-state index in [2.05, 4.69) is 0 Å². The number of amides is 2. The molecule has 1 heterocycles. The van der Waals surface area contributed by atoms with Crippen LogP contribution in [0.2, 0.25) is 0 Å². The number of benzene rings is 1. The molecule has 2 fully saturated rings. The third kappa shape index (κ3) is 3.36. The van der Waals surface area contributed by atoms with Crippen molar-refractivity contribution in [2.45, 2.75) is 25.4 Å². The van der Waals surface area contributed by atoms with Crippen molar-refractivity contribution >= 4 is 24.2 Å². The predicted octanol–water partition coefficient (Wildman–Crippen LogP) is 1.01. The van der Waals surface area contributed by atoms with Crippen LogP contribution in [0.1, 0.15) is 28.8 Å². The number of hydrogen-bond acceptors (Lipinski definition) is 3. The number of nitrogens with zero attached hydrogens (tertiary/aromatic N) is 2. The molecule has 2 N–H and O–H groups in total. The van der Waals surface area contributed by atoms with Crippen molar-refractivity contribution in [3.63, 3.8) is 0 Å². The molecule has 1 aliphatic heterocycles. The van der Waals surface area contributed by atoms with Crippen molar-refractivity contribution < 1.29 is 9.59 Å². The maximum absolute atomic E-state index is 12.4. The molecular weight excluding hydrogens is 290 g/mol. The number of nitrogens with two attached hydrogens (primary N) is 1. The van der Waals surface area contributed by atoms with Crippen LogP contribution in [-0.2, 0) is 11.3 Å². The monoisotopic (exact) mass is 309 g/mol. The molecule has 3 rings (SSSR count). The second kappa shape index (κ2) is 6.45. The van der Waals surface area contributed by atoms with E-state index in [1.54, 1.807) is 17.0 Å². The molecule has 0 radical (unpaired) electrons. The first kappa shape index (κ1) is 15.8. The smallest absolute Gasteiger partial charge is 0.254 e. The molecule has 0 spiro atoms. The second-order valence-corrected chi connectivity index (χ2v) is 5.45. The van der Waals surface area contributed by atoms with Crippen molar-refractivity contribution in [2.24, 2.45) is 5.73 Å². The fourth-order valence-electron chi connectivity index (χ4n) is 2.60. The molecule has 6 heteroatoms. The molecule has 0 atom stereocenters. The molecule has 2 aliphatic rings. The average molecular weight is 310 g/mol. The predicted molar refractivity (Wildman–Crippen MR) is 82.2 cm³/mol. The van der Waals surface area contributed by atoms with Crippen molar-refractivity contribution in [1.82, 2.24) is 9.80 Å². The van der Waals surface area contributed by atoms with Gasteiger partial charge in [0.25, 0.3) is 5.91 Å². The molecule has 2 amide bonds. The van der Waals surface area contributed by atoms with E-state index in [4.69, 9.17) is 5.73 Å². The molecule has 21 heavy (non-hydrogen) atoms. The molecule has 114 valence electrons. The Bertz CT molecular complexity index is 528.